The first-order chi connectivity index (χ1) is 9.28. The zero-order chi connectivity index (χ0) is 13.7. The number of nitrogens with zero attached hydrogens (tertiary/aromatic N) is 2. The van der Waals surface area contributed by atoms with Crippen LogP contribution in [-0.4, -0.2) is 23.1 Å². The molecule has 106 valence electrons. The fraction of sp³-hybridized carbons (Fsp3) is 0.692. The second-order valence-corrected chi connectivity index (χ2v) is 5.03. The summed E-state index contributed by atoms with van der Waals surface area (Å²) in [6, 6.07) is 0.452. The minimum Gasteiger partial charge on any atom is -0.490 e. The number of hydrogen-bond acceptors (Lipinski definition) is 6. The Morgan fingerprint density at radius 2 is 2.16 bits per heavy atom. The standard InChI is InChI=1S/C13H23N5O/c1-3-9-5-4-6-10(7-9)17-12-11(19-2)13(18-14)16-8-15-12/h8-10H,3-7,14H2,1-2H3,(H2,15,16,17,18). The van der Waals surface area contributed by atoms with Gasteiger partial charge in [-0.15, -0.1) is 0 Å². The van der Waals surface area contributed by atoms with Crippen molar-refractivity contribution < 1.29 is 4.74 Å². The van der Waals surface area contributed by atoms with Crippen molar-refractivity contribution in [3.63, 3.8) is 0 Å². The first-order valence-electron chi connectivity index (χ1n) is 6.90. The smallest absolute Gasteiger partial charge is 0.205 e. The normalized spacial score (nSPS) is 22.9. The topological polar surface area (TPSA) is 85.1 Å². The van der Waals surface area contributed by atoms with Crippen molar-refractivity contribution in [3.05, 3.63) is 6.33 Å². The molecule has 0 saturated heterocycles. The van der Waals surface area contributed by atoms with Crippen LogP contribution >= 0.6 is 0 Å². The summed E-state index contributed by atoms with van der Waals surface area (Å²) >= 11 is 0. The summed E-state index contributed by atoms with van der Waals surface area (Å²) in [5.74, 6) is 8.03. The number of ether oxygens (including phenoxy) is 1. The summed E-state index contributed by atoms with van der Waals surface area (Å²) in [6.45, 7) is 2.26. The Balaban J connectivity index is 2.10. The van der Waals surface area contributed by atoms with Crippen LogP contribution < -0.4 is 21.3 Å². The van der Waals surface area contributed by atoms with Crippen molar-refractivity contribution in [2.45, 2.75) is 45.1 Å². The first kappa shape index (κ1) is 13.9. The van der Waals surface area contributed by atoms with Crippen molar-refractivity contribution in [1.29, 1.82) is 0 Å². The summed E-state index contributed by atoms with van der Waals surface area (Å²) in [5.41, 5.74) is 2.53. The molecule has 2 atom stereocenters. The lowest BCUT2D eigenvalue weighted by molar-refractivity contribution is 0.326. The van der Waals surface area contributed by atoms with Gasteiger partial charge in [-0.2, -0.15) is 0 Å². The molecule has 1 aliphatic rings. The van der Waals surface area contributed by atoms with E-state index in [2.05, 4.69) is 27.6 Å². The lowest BCUT2D eigenvalue weighted by Gasteiger charge is -2.29. The van der Waals surface area contributed by atoms with Crippen molar-refractivity contribution >= 4 is 11.6 Å². The van der Waals surface area contributed by atoms with Gasteiger partial charge in [-0.05, 0) is 18.8 Å². The maximum atomic E-state index is 5.42. The lowest BCUT2D eigenvalue weighted by Crippen LogP contribution is -2.28. The molecule has 1 aromatic heterocycles. The van der Waals surface area contributed by atoms with Crippen molar-refractivity contribution in [3.8, 4) is 5.75 Å². The van der Waals surface area contributed by atoms with E-state index in [9.17, 15) is 0 Å². The molecule has 0 amide bonds. The van der Waals surface area contributed by atoms with E-state index in [4.69, 9.17) is 10.6 Å². The summed E-state index contributed by atoms with van der Waals surface area (Å²) in [4.78, 5) is 8.30. The Morgan fingerprint density at radius 1 is 1.37 bits per heavy atom. The number of methoxy groups -OCH3 is 1. The summed E-state index contributed by atoms with van der Waals surface area (Å²) in [6.07, 6.45) is 7.70. The number of hydrazine groups is 1. The van der Waals surface area contributed by atoms with Gasteiger partial charge in [-0.1, -0.05) is 26.2 Å². The lowest BCUT2D eigenvalue weighted by atomic mass is 9.84. The van der Waals surface area contributed by atoms with E-state index < -0.39 is 0 Å². The van der Waals surface area contributed by atoms with Gasteiger partial charge in [-0.25, -0.2) is 15.8 Å². The highest BCUT2D eigenvalue weighted by Crippen LogP contribution is 2.33. The Labute approximate surface area is 114 Å². The fourth-order valence-corrected chi connectivity index (χ4v) is 2.76. The van der Waals surface area contributed by atoms with Gasteiger partial charge in [0.15, 0.2) is 11.6 Å². The molecule has 0 bridgehead atoms. The number of nitrogens with one attached hydrogen (secondary N) is 2. The van der Waals surface area contributed by atoms with Crippen LogP contribution in [0.15, 0.2) is 6.33 Å². The van der Waals surface area contributed by atoms with Crippen LogP contribution in [0, 0.1) is 5.92 Å². The monoisotopic (exact) mass is 265 g/mol. The van der Waals surface area contributed by atoms with E-state index in [1.54, 1.807) is 7.11 Å². The zero-order valence-electron chi connectivity index (χ0n) is 11.6. The van der Waals surface area contributed by atoms with Crippen LogP contribution in [0.1, 0.15) is 39.0 Å². The van der Waals surface area contributed by atoms with Crippen molar-refractivity contribution in [2.75, 3.05) is 17.9 Å². The van der Waals surface area contributed by atoms with E-state index >= 15 is 0 Å². The van der Waals surface area contributed by atoms with E-state index in [1.807, 2.05) is 0 Å². The van der Waals surface area contributed by atoms with Crippen LogP contribution in [0.25, 0.3) is 0 Å². The van der Waals surface area contributed by atoms with Crippen molar-refractivity contribution in [2.24, 2.45) is 11.8 Å². The average Bonchev–Trinajstić information content (AvgIpc) is 2.47. The number of nitrogens with two attached hydrogens (primary N) is 1. The predicted molar refractivity (Wildman–Crippen MR) is 76.1 cm³/mol. The largest absolute Gasteiger partial charge is 0.490 e. The Bertz CT molecular complexity index is 412. The minimum absolute atomic E-state index is 0.452. The van der Waals surface area contributed by atoms with Crippen molar-refractivity contribution in [1.82, 2.24) is 9.97 Å². The van der Waals surface area contributed by atoms with Gasteiger partial charge >= 0.3 is 0 Å². The third kappa shape index (κ3) is 3.26. The molecular formula is C13H23N5O. The quantitative estimate of drug-likeness (QED) is 0.559. The van der Waals surface area contributed by atoms with Crippen LogP contribution in [0.3, 0.4) is 0 Å². The van der Waals surface area contributed by atoms with E-state index in [0.29, 0.717) is 23.4 Å². The molecule has 1 heterocycles. The number of aromatic nitrogens is 2. The van der Waals surface area contributed by atoms with Gasteiger partial charge in [0.05, 0.1) is 7.11 Å². The molecule has 1 saturated carbocycles. The predicted octanol–water partition coefficient (Wildman–Crippen LogP) is 2.15. The van der Waals surface area contributed by atoms with Gasteiger partial charge in [0.25, 0.3) is 0 Å². The van der Waals surface area contributed by atoms with E-state index in [1.165, 1.54) is 38.4 Å². The molecule has 2 rings (SSSR count). The molecule has 1 aliphatic carbocycles. The number of rotatable bonds is 5. The highest BCUT2D eigenvalue weighted by Gasteiger charge is 2.22. The highest BCUT2D eigenvalue weighted by molar-refractivity contribution is 5.63. The summed E-state index contributed by atoms with van der Waals surface area (Å²) in [7, 11) is 1.60. The SMILES string of the molecule is CCC1CCCC(Nc2ncnc(NN)c2OC)C1. The van der Waals surface area contributed by atoms with Crippen LogP contribution in [0.4, 0.5) is 11.6 Å². The molecule has 0 radical (unpaired) electrons. The minimum atomic E-state index is 0.452. The molecule has 0 spiro atoms. The number of anilines is 2. The molecule has 19 heavy (non-hydrogen) atoms. The Kier molecular flexibility index (Phi) is 4.79. The summed E-state index contributed by atoms with van der Waals surface area (Å²) in [5, 5.41) is 3.47. The van der Waals surface area contributed by atoms with Gasteiger partial charge in [-0.3, -0.25) is 0 Å². The fourth-order valence-electron chi connectivity index (χ4n) is 2.76. The third-order valence-corrected chi connectivity index (χ3v) is 3.85. The molecule has 6 nitrogen and oxygen atoms in total. The molecule has 1 fully saturated rings. The number of nitrogen functional groups attached to an aromatic ring is 1. The van der Waals surface area contributed by atoms with E-state index in [-0.39, 0.29) is 0 Å². The summed E-state index contributed by atoms with van der Waals surface area (Å²) < 4.78 is 5.33. The van der Waals surface area contributed by atoms with E-state index in [0.717, 1.165) is 5.92 Å². The molecule has 0 aliphatic heterocycles. The van der Waals surface area contributed by atoms with Gasteiger partial charge in [0.1, 0.15) is 6.33 Å². The van der Waals surface area contributed by atoms with Crippen LogP contribution in [0.5, 0.6) is 5.75 Å². The van der Waals surface area contributed by atoms with Gasteiger partial charge in [0, 0.05) is 6.04 Å². The second-order valence-electron chi connectivity index (χ2n) is 5.03. The molecule has 4 N–H and O–H groups in total. The van der Waals surface area contributed by atoms with Crippen LogP contribution in [0.2, 0.25) is 0 Å². The first-order valence-corrected chi connectivity index (χ1v) is 6.90. The second kappa shape index (κ2) is 6.56. The van der Waals surface area contributed by atoms with Gasteiger partial charge in [0.2, 0.25) is 5.75 Å². The Morgan fingerprint density at radius 3 is 2.84 bits per heavy atom. The molecule has 1 aromatic rings. The average molecular weight is 265 g/mol. The maximum Gasteiger partial charge on any atom is 0.205 e. The maximum absolute atomic E-state index is 5.42. The molecule has 0 aromatic carbocycles. The Hall–Kier alpha value is -1.56. The highest BCUT2D eigenvalue weighted by atomic mass is 16.5. The molecule has 6 heteroatoms. The third-order valence-electron chi connectivity index (χ3n) is 3.85. The van der Waals surface area contributed by atoms with Crippen LogP contribution in [-0.2, 0) is 0 Å². The zero-order valence-corrected chi connectivity index (χ0v) is 11.6. The molecule has 2 unspecified atom stereocenters. The number of hydrogen-bond donors (Lipinski definition) is 3. The van der Waals surface area contributed by atoms with Gasteiger partial charge < -0.3 is 15.5 Å². The molecular weight excluding hydrogens is 242 g/mol.